The van der Waals surface area contributed by atoms with Crippen molar-refractivity contribution in [3.8, 4) is 5.75 Å². The van der Waals surface area contributed by atoms with Crippen LogP contribution in [0.1, 0.15) is 37.3 Å². The molecule has 3 rings (SSSR count). The maximum absolute atomic E-state index is 12.0. The van der Waals surface area contributed by atoms with Crippen molar-refractivity contribution in [3.63, 3.8) is 0 Å². The number of benzene rings is 2. The zero-order chi connectivity index (χ0) is 19.4. The largest absolute Gasteiger partial charge is 0.497 e. The third kappa shape index (κ3) is 4.57. The van der Waals surface area contributed by atoms with Crippen molar-refractivity contribution in [1.29, 1.82) is 0 Å². The summed E-state index contributed by atoms with van der Waals surface area (Å²) in [4.78, 5) is 24.7. The van der Waals surface area contributed by atoms with Crippen LogP contribution >= 0.6 is 0 Å². The van der Waals surface area contributed by atoms with Gasteiger partial charge in [-0.1, -0.05) is 18.2 Å². The van der Waals surface area contributed by atoms with Crippen LogP contribution in [0.5, 0.6) is 5.75 Å². The van der Waals surface area contributed by atoms with Crippen molar-refractivity contribution in [2.75, 3.05) is 20.2 Å². The van der Waals surface area contributed by atoms with E-state index in [0.717, 1.165) is 34.9 Å². The molecule has 6 nitrogen and oxygen atoms in total. The molecule has 0 spiro atoms. The number of hydrogen-bond acceptors (Lipinski definition) is 4. The fourth-order valence-corrected chi connectivity index (χ4v) is 3.88. The van der Waals surface area contributed by atoms with Crippen LogP contribution < -0.4 is 4.74 Å². The number of carboxylic acids is 2. The maximum Gasteiger partial charge on any atom is 0.325 e. The van der Waals surface area contributed by atoms with Gasteiger partial charge in [-0.3, -0.25) is 14.5 Å². The first-order chi connectivity index (χ1) is 13.0. The van der Waals surface area contributed by atoms with Gasteiger partial charge in [-0.05, 0) is 72.8 Å². The molecule has 0 saturated carbocycles. The summed E-state index contributed by atoms with van der Waals surface area (Å²) < 4.78 is 5.24. The molecule has 1 saturated heterocycles. The average Bonchev–Trinajstić information content (AvgIpc) is 2.66. The lowest BCUT2D eigenvalue weighted by molar-refractivity contribution is -0.144. The fourth-order valence-electron chi connectivity index (χ4n) is 3.88. The summed E-state index contributed by atoms with van der Waals surface area (Å²) in [5.74, 6) is -0.496. The minimum absolute atomic E-state index is 0.182. The van der Waals surface area contributed by atoms with E-state index >= 15 is 0 Å². The second kappa shape index (κ2) is 8.39. The number of rotatable bonds is 7. The number of hydrogen-bond donors (Lipinski definition) is 2. The van der Waals surface area contributed by atoms with Crippen LogP contribution in [0, 0.1) is 5.92 Å². The average molecular weight is 371 g/mol. The Balaban J connectivity index is 1.75. The van der Waals surface area contributed by atoms with Gasteiger partial charge in [-0.2, -0.15) is 0 Å². The lowest BCUT2D eigenvalue weighted by Crippen LogP contribution is -2.40. The van der Waals surface area contributed by atoms with Crippen LogP contribution in [0.4, 0.5) is 0 Å². The quantitative estimate of drug-likeness (QED) is 0.774. The molecule has 0 radical (unpaired) electrons. The second-order valence-electron chi connectivity index (χ2n) is 7.13. The molecule has 0 aliphatic carbocycles. The highest BCUT2D eigenvalue weighted by Gasteiger charge is 2.31. The number of aliphatic carboxylic acids is 2. The van der Waals surface area contributed by atoms with Gasteiger partial charge in [0, 0.05) is 6.42 Å². The van der Waals surface area contributed by atoms with Crippen molar-refractivity contribution in [1.82, 2.24) is 4.90 Å². The maximum atomic E-state index is 12.0. The molecule has 27 heavy (non-hydrogen) atoms. The summed E-state index contributed by atoms with van der Waals surface area (Å²) in [5, 5.41) is 20.7. The first-order valence-electron chi connectivity index (χ1n) is 9.24. The normalized spacial score (nSPS) is 16.9. The Morgan fingerprint density at radius 1 is 1.11 bits per heavy atom. The van der Waals surface area contributed by atoms with Gasteiger partial charge in [0.2, 0.25) is 0 Å². The monoisotopic (exact) mass is 371 g/mol. The van der Waals surface area contributed by atoms with E-state index in [1.165, 1.54) is 0 Å². The summed E-state index contributed by atoms with van der Waals surface area (Å²) >= 11 is 0. The third-order valence-corrected chi connectivity index (χ3v) is 5.40. The predicted octanol–water partition coefficient (Wildman–Crippen LogP) is 3.55. The topological polar surface area (TPSA) is 87.1 Å². The van der Waals surface area contributed by atoms with E-state index in [9.17, 15) is 14.7 Å². The number of methoxy groups -OCH3 is 1. The van der Waals surface area contributed by atoms with Crippen LogP contribution in [0.15, 0.2) is 36.4 Å². The highest BCUT2D eigenvalue weighted by molar-refractivity contribution is 5.86. The van der Waals surface area contributed by atoms with Crippen molar-refractivity contribution < 1.29 is 24.5 Å². The third-order valence-electron chi connectivity index (χ3n) is 5.40. The fraction of sp³-hybridized carbons (Fsp3) is 0.429. The van der Waals surface area contributed by atoms with Gasteiger partial charge < -0.3 is 14.9 Å². The minimum atomic E-state index is -0.855. The number of ether oxygens (including phenoxy) is 1. The number of piperidine rings is 1. The van der Waals surface area contributed by atoms with Gasteiger partial charge in [-0.25, -0.2) is 0 Å². The number of likely N-dealkylation sites (tertiary alicyclic amines) is 1. The Kier molecular flexibility index (Phi) is 5.96. The number of carbonyl (C=O) groups is 2. The van der Waals surface area contributed by atoms with Gasteiger partial charge in [-0.15, -0.1) is 0 Å². The molecule has 2 aromatic carbocycles. The molecular formula is C21H25NO5. The number of nitrogens with zero attached hydrogens (tertiary/aromatic N) is 1. The summed E-state index contributed by atoms with van der Waals surface area (Å²) in [6.07, 6.45) is 2.52. The molecule has 0 bridgehead atoms. The zero-order valence-corrected chi connectivity index (χ0v) is 15.4. The molecule has 2 aromatic rings. The van der Waals surface area contributed by atoms with Gasteiger partial charge in [0.1, 0.15) is 11.8 Å². The summed E-state index contributed by atoms with van der Waals surface area (Å²) in [7, 11) is 1.62. The molecule has 1 unspecified atom stereocenters. The van der Waals surface area contributed by atoms with Crippen LogP contribution in [0.2, 0.25) is 0 Å². The Morgan fingerprint density at radius 3 is 2.41 bits per heavy atom. The Morgan fingerprint density at radius 2 is 1.78 bits per heavy atom. The van der Waals surface area contributed by atoms with E-state index < -0.39 is 18.0 Å². The molecule has 1 aliphatic rings. The zero-order valence-electron chi connectivity index (χ0n) is 15.4. The van der Waals surface area contributed by atoms with Gasteiger partial charge >= 0.3 is 11.9 Å². The number of carboxylic acid groups (broad SMARTS) is 2. The smallest absolute Gasteiger partial charge is 0.325 e. The molecule has 144 valence electrons. The van der Waals surface area contributed by atoms with Gasteiger partial charge in [0.25, 0.3) is 0 Å². The lowest BCUT2D eigenvalue weighted by Gasteiger charge is -2.35. The summed E-state index contributed by atoms with van der Waals surface area (Å²) in [6, 6.07) is 10.8. The summed E-state index contributed by atoms with van der Waals surface area (Å²) in [6.45, 7) is 1.34. The van der Waals surface area contributed by atoms with Gasteiger partial charge in [0.15, 0.2) is 0 Å². The molecule has 0 amide bonds. The van der Waals surface area contributed by atoms with Gasteiger partial charge in [0.05, 0.1) is 7.11 Å². The minimum Gasteiger partial charge on any atom is -0.497 e. The van der Waals surface area contributed by atoms with Crippen molar-refractivity contribution in [3.05, 3.63) is 42.0 Å². The Labute approximate surface area is 158 Å². The Hall–Kier alpha value is -2.60. The predicted molar refractivity (Wildman–Crippen MR) is 102 cm³/mol. The first-order valence-corrected chi connectivity index (χ1v) is 9.24. The molecule has 1 atom stereocenters. The van der Waals surface area contributed by atoms with E-state index in [2.05, 4.69) is 0 Å². The molecule has 2 N–H and O–H groups in total. The van der Waals surface area contributed by atoms with Crippen molar-refractivity contribution in [2.24, 2.45) is 5.92 Å². The van der Waals surface area contributed by atoms with E-state index in [0.29, 0.717) is 25.4 Å². The highest BCUT2D eigenvalue weighted by Crippen LogP contribution is 2.31. The number of fused-ring (bicyclic) bond motifs is 1. The summed E-state index contributed by atoms with van der Waals surface area (Å²) in [5.41, 5.74) is 0.768. The van der Waals surface area contributed by atoms with Crippen LogP contribution in [-0.2, 0) is 9.59 Å². The molecule has 1 heterocycles. The SMILES string of the molecule is COc1ccc2cc(C(C(=O)O)N3CCC(CCC(=O)O)CC3)ccc2c1. The van der Waals surface area contributed by atoms with E-state index in [1.54, 1.807) is 7.11 Å². The molecular weight excluding hydrogens is 346 g/mol. The lowest BCUT2D eigenvalue weighted by atomic mass is 9.90. The highest BCUT2D eigenvalue weighted by atomic mass is 16.5. The van der Waals surface area contributed by atoms with E-state index in [-0.39, 0.29) is 6.42 Å². The van der Waals surface area contributed by atoms with Crippen LogP contribution in [0.25, 0.3) is 10.8 Å². The molecule has 1 aliphatic heterocycles. The Bertz CT molecular complexity index is 826. The van der Waals surface area contributed by atoms with Crippen LogP contribution in [0.3, 0.4) is 0 Å². The van der Waals surface area contributed by atoms with E-state index in [4.69, 9.17) is 9.84 Å². The van der Waals surface area contributed by atoms with Crippen molar-refractivity contribution >= 4 is 22.7 Å². The second-order valence-corrected chi connectivity index (χ2v) is 7.13. The van der Waals surface area contributed by atoms with Crippen molar-refractivity contribution in [2.45, 2.75) is 31.7 Å². The first kappa shape index (κ1) is 19.2. The van der Waals surface area contributed by atoms with E-state index in [1.807, 2.05) is 41.3 Å². The molecule has 0 aromatic heterocycles. The standard InChI is InChI=1S/C21H25NO5/c1-27-18-6-5-15-12-17(4-3-16(15)13-18)20(21(25)26)22-10-8-14(9-11-22)2-7-19(23)24/h3-6,12-14,20H,2,7-11H2,1H3,(H,23,24)(H,25,26). The molecule has 6 heteroatoms. The van der Waals surface area contributed by atoms with Crippen LogP contribution in [-0.4, -0.2) is 47.3 Å². The molecule has 1 fully saturated rings.